The third kappa shape index (κ3) is 5.52. The molecule has 0 aliphatic rings. The number of hydrogen-bond donors (Lipinski definition) is 1. The SMILES string of the molecule is COc1ccc(OC)c(/C=N/NC(=O)CSc2nc3ccc(C)cc3c(=O)n2-c2ccccc2)c1. The molecular formula is C26H24N4O4S. The molecule has 0 saturated carbocycles. The molecule has 4 aromatic rings. The van der Waals surface area contributed by atoms with Gasteiger partial charge in [-0.3, -0.25) is 14.2 Å². The van der Waals surface area contributed by atoms with Crippen molar-refractivity contribution in [2.75, 3.05) is 20.0 Å². The molecule has 9 heteroatoms. The Bertz CT molecular complexity index is 1450. The van der Waals surface area contributed by atoms with Crippen molar-refractivity contribution < 1.29 is 14.3 Å². The minimum atomic E-state index is -0.342. The largest absolute Gasteiger partial charge is 0.497 e. The van der Waals surface area contributed by atoms with E-state index in [1.54, 1.807) is 32.4 Å². The maximum absolute atomic E-state index is 13.4. The Labute approximate surface area is 206 Å². The van der Waals surface area contributed by atoms with Gasteiger partial charge in [-0.15, -0.1) is 0 Å². The number of carbonyl (C=O) groups is 1. The maximum atomic E-state index is 13.4. The predicted octanol–water partition coefficient (Wildman–Crippen LogP) is 3.95. The van der Waals surface area contributed by atoms with Crippen LogP contribution in [-0.2, 0) is 4.79 Å². The second-order valence-corrected chi connectivity index (χ2v) is 8.52. The normalized spacial score (nSPS) is 11.1. The summed E-state index contributed by atoms with van der Waals surface area (Å²) >= 11 is 1.16. The van der Waals surface area contributed by atoms with Gasteiger partial charge in [0.1, 0.15) is 11.5 Å². The van der Waals surface area contributed by atoms with Crippen molar-refractivity contribution in [2.45, 2.75) is 12.1 Å². The summed E-state index contributed by atoms with van der Waals surface area (Å²) in [5, 5.41) is 4.98. The van der Waals surface area contributed by atoms with E-state index in [9.17, 15) is 9.59 Å². The lowest BCUT2D eigenvalue weighted by molar-refractivity contribution is -0.118. The van der Waals surface area contributed by atoms with Crippen molar-refractivity contribution >= 4 is 34.8 Å². The van der Waals surface area contributed by atoms with E-state index in [4.69, 9.17) is 9.47 Å². The molecule has 0 aliphatic carbocycles. The van der Waals surface area contributed by atoms with Gasteiger partial charge in [0, 0.05) is 5.56 Å². The zero-order valence-electron chi connectivity index (χ0n) is 19.5. The summed E-state index contributed by atoms with van der Waals surface area (Å²) in [6.45, 7) is 1.93. The van der Waals surface area contributed by atoms with Gasteiger partial charge in [0.05, 0.1) is 42.8 Å². The molecule has 1 N–H and O–H groups in total. The third-order valence-corrected chi connectivity index (χ3v) is 6.11. The number of nitrogens with one attached hydrogen (secondary N) is 1. The number of amides is 1. The quantitative estimate of drug-likeness (QED) is 0.175. The van der Waals surface area contributed by atoms with Crippen molar-refractivity contribution in [1.29, 1.82) is 0 Å². The molecule has 0 atom stereocenters. The van der Waals surface area contributed by atoms with E-state index in [1.807, 2.05) is 55.5 Å². The molecule has 1 amide bonds. The molecular weight excluding hydrogens is 464 g/mol. The van der Waals surface area contributed by atoms with E-state index in [0.717, 1.165) is 17.3 Å². The number of nitrogens with zero attached hydrogens (tertiary/aromatic N) is 3. The maximum Gasteiger partial charge on any atom is 0.266 e. The molecule has 4 rings (SSSR count). The number of aryl methyl sites for hydroxylation is 1. The smallest absolute Gasteiger partial charge is 0.266 e. The molecule has 0 fully saturated rings. The van der Waals surface area contributed by atoms with Crippen LogP contribution in [-0.4, -0.2) is 41.6 Å². The van der Waals surface area contributed by atoms with Crippen molar-refractivity contribution in [3.63, 3.8) is 0 Å². The summed E-state index contributed by atoms with van der Waals surface area (Å²) in [6, 6.07) is 20.1. The van der Waals surface area contributed by atoms with E-state index in [2.05, 4.69) is 15.5 Å². The van der Waals surface area contributed by atoms with Gasteiger partial charge in [-0.05, 0) is 49.4 Å². The lowest BCUT2D eigenvalue weighted by atomic mass is 10.1. The van der Waals surface area contributed by atoms with Gasteiger partial charge >= 0.3 is 0 Å². The zero-order chi connectivity index (χ0) is 24.8. The molecule has 0 spiro atoms. The van der Waals surface area contributed by atoms with Crippen LogP contribution in [0.5, 0.6) is 11.5 Å². The molecule has 0 saturated heterocycles. The van der Waals surface area contributed by atoms with E-state index in [1.165, 1.54) is 10.8 Å². The first kappa shape index (κ1) is 24.0. The standard InChI is InChI=1S/C26H24N4O4S/c1-17-9-11-22-21(13-17)25(32)30(19-7-5-4-6-8-19)26(28-22)35-16-24(31)29-27-15-18-14-20(33-2)10-12-23(18)34-3/h4-15H,16H2,1-3H3,(H,29,31)/b27-15+. The molecule has 1 aromatic heterocycles. The summed E-state index contributed by atoms with van der Waals surface area (Å²) in [6.07, 6.45) is 1.49. The highest BCUT2D eigenvalue weighted by atomic mass is 32.2. The lowest BCUT2D eigenvalue weighted by Crippen LogP contribution is -2.24. The Morgan fingerprint density at radius 2 is 1.89 bits per heavy atom. The minimum absolute atomic E-state index is 0.0171. The van der Waals surface area contributed by atoms with Crippen molar-refractivity contribution in [3.05, 3.63) is 88.2 Å². The number of hydrogen-bond acceptors (Lipinski definition) is 7. The Hall–Kier alpha value is -4.11. The number of hydrazone groups is 1. The number of methoxy groups -OCH3 is 2. The van der Waals surface area contributed by atoms with Crippen LogP contribution < -0.4 is 20.5 Å². The van der Waals surface area contributed by atoms with Gasteiger partial charge in [0.25, 0.3) is 11.5 Å². The number of carbonyl (C=O) groups excluding carboxylic acids is 1. The average Bonchev–Trinajstić information content (AvgIpc) is 2.88. The highest BCUT2D eigenvalue weighted by Crippen LogP contribution is 2.23. The second-order valence-electron chi connectivity index (χ2n) is 7.58. The first-order chi connectivity index (χ1) is 17.0. The summed E-state index contributed by atoms with van der Waals surface area (Å²) in [7, 11) is 3.12. The Balaban J connectivity index is 1.55. The molecule has 0 unspecified atom stereocenters. The molecule has 178 valence electrons. The van der Waals surface area contributed by atoms with Gasteiger partial charge in [-0.1, -0.05) is 41.6 Å². The first-order valence-corrected chi connectivity index (χ1v) is 11.7. The van der Waals surface area contributed by atoms with Gasteiger partial charge in [0.15, 0.2) is 5.16 Å². The van der Waals surface area contributed by atoms with Crippen molar-refractivity contribution in [3.8, 4) is 17.2 Å². The highest BCUT2D eigenvalue weighted by Gasteiger charge is 2.15. The molecule has 8 nitrogen and oxygen atoms in total. The van der Waals surface area contributed by atoms with Crippen LogP contribution in [0.3, 0.4) is 0 Å². The Morgan fingerprint density at radius 3 is 2.63 bits per heavy atom. The fraction of sp³-hybridized carbons (Fsp3) is 0.154. The van der Waals surface area contributed by atoms with E-state index < -0.39 is 0 Å². The van der Waals surface area contributed by atoms with Crippen LogP contribution in [0.25, 0.3) is 16.6 Å². The van der Waals surface area contributed by atoms with Crippen LogP contribution >= 0.6 is 11.8 Å². The molecule has 0 bridgehead atoms. The predicted molar refractivity (Wildman–Crippen MR) is 138 cm³/mol. The van der Waals surface area contributed by atoms with Gasteiger partial charge in [0.2, 0.25) is 0 Å². The van der Waals surface area contributed by atoms with Crippen molar-refractivity contribution in [2.24, 2.45) is 5.10 Å². The second kappa shape index (κ2) is 10.9. The van der Waals surface area contributed by atoms with Crippen LogP contribution in [0.1, 0.15) is 11.1 Å². The Morgan fingerprint density at radius 1 is 1.09 bits per heavy atom. The monoisotopic (exact) mass is 488 g/mol. The molecule has 0 aliphatic heterocycles. The first-order valence-electron chi connectivity index (χ1n) is 10.8. The van der Waals surface area contributed by atoms with Crippen LogP contribution in [0.2, 0.25) is 0 Å². The van der Waals surface area contributed by atoms with Crippen LogP contribution in [0.4, 0.5) is 0 Å². The number of rotatable bonds is 8. The Kier molecular flexibility index (Phi) is 7.47. The third-order valence-electron chi connectivity index (χ3n) is 5.17. The summed E-state index contributed by atoms with van der Waals surface area (Å²) in [4.78, 5) is 30.5. The fourth-order valence-corrected chi connectivity index (χ4v) is 4.26. The van der Waals surface area contributed by atoms with Crippen LogP contribution in [0.15, 0.2) is 81.8 Å². The number of fused-ring (bicyclic) bond motifs is 1. The molecule has 1 heterocycles. The minimum Gasteiger partial charge on any atom is -0.497 e. The van der Waals surface area contributed by atoms with Gasteiger partial charge < -0.3 is 9.47 Å². The van der Waals surface area contributed by atoms with E-state index in [0.29, 0.717) is 38.8 Å². The summed E-state index contributed by atoms with van der Waals surface area (Å²) < 4.78 is 12.1. The van der Waals surface area contributed by atoms with E-state index in [-0.39, 0.29) is 17.2 Å². The highest BCUT2D eigenvalue weighted by molar-refractivity contribution is 7.99. The molecule has 35 heavy (non-hydrogen) atoms. The van der Waals surface area contributed by atoms with Crippen molar-refractivity contribution in [1.82, 2.24) is 15.0 Å². The topological polar surface area (TPSA) is 94.8 Å². The summed E-state index contributed by atoms with van der Waals surface area (Å²) in [5.74, 6) is 0.917. The number of thioether (sulfide) groups is 1. The number of para-hydroxylation sites is 1. The molecule has 0 radical (unpaired) electrons. The van der Waals surface area contributed by atoms with Gasteiger partial charge in [-0.25, -0.2) is 10.4 Å². The number of aromatic nitrogens is 2. The number of benzene rings is 3. The van der Waals surface area contributed by atoms with Gasteiger partial charge in [-0.2, -0.15) is 5.10 Å². The van der Waals surface area contributed by atoms with E-state index >= 15 is 0 Å². The number of ether oxygens (including phenoxy) is 2. The fourth-order valence-electron chi connectivity index (χ4n) is 3.46. The lowest BCUT2D eigenvalue weighted by Gasteiger charge is -2.13. The van der Waals surface area contributed by atoms with Crippen LogP contribution in [0, 0.1) is 6.92 Å². The zero-order valence-corrected chi connectivity index (χ0v) is 20.3. The average molecular weight is 489 g/mol. The molecule has 3 aromatic carbocycles. The summed E-state index contributed by atoms with van der Waals surface area (Å²) in [5.41, 5.74) is 5.21.